The second kappa shape index (κ2) is 2.85. The molecular formula is C12H18O3. The van der Waals surface area contributed by atoms with Crippen molar-refractivity contribution in [3.63, 3.8) is 0 Å². The van der Waals surface area contributed by atoms with Crippen LogP contribution in [0.2, 0.25) is 0 Å². The highest BCUT2D eigenvalue weighted by Gasteiger charge is 2.48. The fourth-order valence-corrected chi connectivity index (χ4v) is 2.38. The molecule has 1 atom stereocenters. The molecule has 1 fully saturated rings. The standard InChI is InChI=1S/C12H18O3/c1-7-9-8(14-12(4,5)15-9)6-11(2,3)10(7)13/h8H,6H2,1-5H3/t8-/m0/s1. The molecule has 0 aromatic rings. The van der Waals surface area contributed by atoms with E-state index in [0.717, 1.165) is 11.3 Å². The number of Topliss-reactive ketones (excluding diaryl/α,β-unsaturated/α-hetero) is 1. The van der Waals surface area contributed by atoms with Crippen LogP contribution in [0.3, 0.4) is 0 Å². The highest BCUT2D eigenvalue weighted by Crippen LogP contribution is 2.44. The van der Waals surface area contributed by atoms with E-state index in [9.17, 15) is 4.79 Å². The second-order valence-corrected chi connectivity index (χ2v) is 5.51. The lowest BCUT2D eigenvalue weighted by atomic mass is 9.74. The van der Waals surface area contributed by atoms with Gasteiger partial charge in [-0.1, -0.05) is 13.8 Å². The van der Waals surface area contributed by atoms with Crippen LogP contribution in [0.25, 0.3) is 0 Å². The molecule has 3 heteroatoms. The molecule has 0 N–H and O–H groups in total. The average Bonchev–Trinajstić information content (AvgIpc) is 2.36. The minimum absolute atomic E-state index is 0.0484. The van der Waals surface area contributed by atoms with Crippen LogP contribution in [0.1, 0.15) is 41.0 Å². The Morgan fingerprint density at radius 2 is 1.87 bits per heavy atom. The van der Waals surface area contributed by atoms with E-state index in [-0.39, 0.29) is 17.3 Å². The predicted octanol–water partition coefficient (Wildman–Crippen LogP) is 2.41. The Labute approximate surface area is 90.4 Å². The Hall–Kier alpha value is -0.830. The summed E-state index contributed by atoms with van der Waals surface area (Å²) in [5, 5.41) is 0. The number of hydrogen-bond acceptors (Lipinski definition) is 3. The van der Waals surface area contributed by atoms with E-state index in [2.05, 4.69) is 0 Å². The lowest BCUT2D eigenvalue weighted by molar-refractivity contribution is -0.139. The minimum Gasteiger partial charge on any atom is -0.464 e. The van der Waals surface area contributed by atoms with Gasteiger partial charge in [0.05, 0.1) is 0 Å². The maximum atomic E-state index is 12.0. The molecule has 2 rings (SSSR count). The van der Waals surface area contributed by atoms with E-state index in [4.69, 9.17) is 9.47 Å². The third kappa shape index (κ3) is 1.59. The number of carbonyl (C=O) groups excluding carboxylic acids is 1. The Morgan fingerprint density at radius 3 is 2.47 bits per heavy atom. The minimum atomic E-state index is -0.595. The van der Waals surface area contributed by atoms with Gasteiger partial charge in [0, 0.05) is 24.8 Å². The molecule has 1 aliphatic carbocycles. The molecule has 0 unspecified atom stereocenters. The topological polar surface area (TPSA) is 35.5 Å². The Morgan fingerprint density at radius 1 is 1.27 bits per heavy atom. The van der Waals surface area contributed by atoms with E-state index >= 15 is 0 Å². The van der Waals surface area contributed by atoms with E-state index < -0.39 is 5.79 Å². The van der Waals surface area contributed by atoms with E-state index in [1.54, 1.807) is 0 Å². The summed E-state index contributed by atoms with van der Waals surface area (Å²) in [4.78, 5) is 12.0. The van der Waals surface area contributed by atoms with Gasteiger partial charge in [0.2, 0.25) is 5.79 Å². The number of fused-ring (bicyclic) bond motifs is 1. The molecule has 15 heavy (non-hydrogen) atoms. The Kier molecular flexibility index (Phi) is 2.03. The van der Waals surface area contributed by atoms with Crippen LogP contribution in [0.5, 0.6) is 0 Å². The van der Waals surface area contributed by atoms with Gasteiger partial charge in [-0.25, -0.2) is 0 Å². The summed E-state index contributed by atoms with van der Waals surface area (Å²) >= 11 is 0. The van der Waals surface area contributed by atoms with Gasteiger partial charge < -0.3 is 9.47 Å². The van der Waals surface area contributed by atoms with Gasteiger partial charge in [0.15, 0.2) is 5.78 Å². The molecule has 1 heterocycles. The molecule has 0 bridgehead atoms. The van der Waals surface area contributed by atoms with E-state index in [0.29, 0.717) is 6.42 Å². The van der Waals surface area contributed by atoms with Crippen molar-refractivity contribution in [1.82, 2.24) is 0 Å². The van der Waals surface area contributed by atoms with Crippen LogP contribution in [0.4, 0.5) is 0 Å². The zero-order chi connectivity index (χ0) is 11.4. The fourth-order valence-electron chi connectivity index (χ4n) is 2.38. The van der Waals surface area contributed by atoms with Crippen molar-refractivity contribution in [3.05, 3.63) is 11.3 Å². The number of ketones is 1. The molecule has 0 amide bonds. The molecular weight excluding hydrogens is 192 g/mol. The molecule has 2 aliphatic rings. The van der Waals surface area contributed by atoms with Crippen LogP contribution < -0.4 is 0 Å². The van der Waals surface area contributed by atoms with Gasteiger partial charge in [-0.3, -0.25) is 4.79 Å². The predicted molar refractivity (Wildman–Crippen MR) is 56.1 cm³/mol. The van der Waals surface area contributed by atoms with E-state index in [1.807, 2.05) is 34.6 Å². The van der Waals surface area contributed by atoms with Gasteiger partial charge in [-0.15, -0.1) is 0 Å². The number of hydrogen-bond donors (Lipinski definition) is 0. The molecule has 0 aromatic heterocycles. The summed E-state index contributed by atoms with van der Waals surface area (Å²) < 4.78 is 11.4. The summed E-state index contributed by atoms with van der Waals surface area (Å²) in [6.45, 7) is 9.51. The maximum absolute atomic E-state index is 12.0. The van der Waals surface area contributed by atoms with Crippen molar-refractivity contribution >= 4 is 5.78 Å². The normalized spacial score (nSPS) is 32.6. The van der Waals surface area contributed by atoms with Crippen molar-refractivity contribution < 1.29 is 14.3 Å². The first-order chi connectivity index (χ1) is 6.73. The lowest BCUT2D eigenvalue weighted by Gasteiger charge is -2.30. The molecule has 1 aliphatic heterocycles. The second-order valence-electron chi connectivity index (χ2n) is 5.51. The first kappa shape index (κ1) is 10.7. The molecule has 0 saturated carbocycles. The van der Waals surface area contributed by atoms with Crippen LogP contribution in [0.15, 0.2) is 11.3 Å². The third-order valence-electron chi connectivity index (χ3n) is 3.09. The number of ether oxygens (including phenoxy) is 2. The van der Waals surface area contributed by atoms with Gasteiger partial charge in [0.25, 0.3) is 0 Å². The summed E-state index contributed by atoms with van der Waals surface area (Å²) in [6, 6.07) is 0. The third-order valence-corrected chi connectivity index (χ3v) is 3.09. The molecule has 0 radical (unpaired) electrons. The monoisotopic (exact) mass is 210 g/mol. The summed E-state index contributed by atoms with van der Waals surface area (Å²) in [7, 11) is 0. The maximum Gasteiger partial charge on any atom is 0.205 e. The summed E-state index contributed by atoms with van der Waals surface area (Å²) in [5.74, 6) is 0.321. The molecule has 0 aromatic carbocycles. The van der Waals surface area contributed by atoms with Crippen molar-refractivity contribution in [3.8, 4) is 0 Å². The van der Waals surface area contributed by atoms with E-state index in [1.165, 1.54) is 0 Å². The fraction of sp³-hybridized carbons (Fsp3) is 0.750. The van der Waals surface area contributed by atoms with Crippen molar-refractivity contribution in [2.24, 2.45) is 5.41 Å². The zero-order valence-electron chi connectivity index (χ0n) is 10.0. The lowest BCUT2D eigenvalue weighted by Crippen LogP contribution is -2.36. The number of rotatable bonds is 0. The summed E-state index contributed by atoms with van der Waals surface area (Å²) in [5.41, 5.74) is 0.393. The van der Waals surface area contributed by atoms with Crippen LogP contribution in [-0.2, 0) is 14.3 Å². The summed E-state index contributed by atoms with van der Waals surface area (Å²) in [6.07, 6.45) is 0.662. The smallest absolute Gasteiger partial charge is 0.205 e. The first-order valence-corrected chi connectivity index (χ1v) is 5.35. The zero-order valence-corrected chi connectivity index (χ0v) is 10.0. The quantitative estimate of drug-likeness (QED) is 0.616. The van der Waals surface area contributed by atoms with Gasteiger partial charge in [0.1, 0.15) is 11.9 Å². The van der Waals surface area contributed by atoms with Gasteiger partial charge in [-0.2, -0.15) is 0 Å². The highest BCUT2D eigenvalue weighted by atomic mass is 16.7. The van der Waals surface area contributed by atoms with Crippen molar-refractivity contribution in [1.29, 1.82) is 0 Å². The number of carbonyl (C=O) groups is 1. The number of allylic oxidation sites excluding steroid dienone is 1. The average molecular weight is 210 g/mol. The molecule has 84 valence electrons. The van der Waals surface area contributed by atoms with Crippen LogP contribution in [-0.4, -0.2) is 17.7 Å². The SMILES string of the molecule is CC1=C2OC(C)(C)O[C@H]2CC(C)(C)C1=O. The van der Waals surface area contributed by atoms with Crippen molar-refractivity contribution in [2.45, 2.75) is 52.9 Å². The Balaban J connectivity index is 2.42. The van der Waals surface area contributed by atoms with Crippen LogP contribution in [0, 0.1) is 5.41 Å². The van der Waals surface area contributed by atoms with Crippen LogP contribution >= 0.6 is 0 Å². The molecule has 0 spiro atoms. The first-order valence-electron chi connectivity index (χ1n) is 5.35. The largest absolute Gasteiger partial charge is 0.464 e. The van der Waals surface area contributed by atoms with Gasteiger partial charge in [-0.05, 0) is 13.3 Å². The molecule has 1 saturated heterocycles. The molecule has 3 nitrogen and oxygen atoms in total. The van der Waals surface area contributed by atoms with Gasteiger partial charge >= 0.3 is 0 Å². The highest BCUT2D eigenvalue weighted by molar-refractivity contribution is 6.00. The van der Waals surface area contributed by atoms with Crippen molar-refractivity contribution in [2.75, 3.05) is 0 Å². The Bertz CT molecular complexity index is 350.